The number of rotatable bonds is 2. The molecule has 0 amide bonds. The fraction of sp³-hybridized carbons (Fsp3) is 0.273. The maximum Gasteiger partial charge on any atom is 0.175 e. The van der Waals surface area contributed by atoms with Crippen molar-refractivity contribution < 1.29 is 9.52 Å². The van der Waals surface area contributed by atoms with Gasteiger partial charge in [0, 0.05) is 15.3 Å². The van der Waals surface area contributed by atoms with Crippen LogP contribution in [0.2, 0.25) is 0 Å². The molecule has 80 valence electrons. The third kappa shape index (κ3) is 2.02. The Hall–Kier alpha value is -0.580. The Morgan fingerprint density at radius 2 is 2.20 bits per heavy atom. The van der Waals surface area contributed by atoms with Gasteiger partial charge in [0.05, 0.1) is 6.26 Å². The fourth-order valence-electron chi connectivity index (χ4n) is 1.57. The summed E-state index contributed by atoms with van der Waals surface area (Å²) in [5.74, 6) is 0. The number of hydrogen-bond donors (Lipinski definition) is 1. The number of aryl methyl sites for hydroxylation is 2. The van der Waals surface area contributed by atoms with Crippen LogP contribution in [0.1, 0.15) is 27.0 Å². The van der Waals surface area contributed by atoms with Gasteiger partial charge in [-0.15, -0.1) is 11.3 Å². The second-order valence-electron chi connectivity index (χ2n) is 3.46. The van der Waals surface area contributed by atoms with Crippen LogP contribution in [0.25, 0.3) is 0 Å². The molecule has 1 unspecified atom stereocenters. The molecule has 0 saturated heterocycles. The van der Waals surface area contributed by atoms with Gasteiger partial charge in [-0.2, -0.15) is 0 Å². The van der Waals surface area contributed by atoms with Crippen LogP contribution in [0.15, 0.2) is 27.5 Å². The third-order valence-corrected chi connectivity index (χ3v) is 4.12. The van der Waals surface area contributed by atoms with E-state index in [0.29, 0.717) is 4.67 Å². The lowest BCUT2D eigenvalue weighted by molar-refractivity contribution is 0.221. The number of halogens is 1. The van der Waals surface area contributed by atoms with E-state index in [2.05, 4.69) is 22.0 Å². The Balaban J connectivity index is 2.40. The van der Waals surface area contributed by atoms with Crippen LogP contribution in [-0.2, 0) is 0 Å². The van der Waals surface area contributed by atoms with Crippen LogP contribution in [0.5, 0.6) is 0 Å². The van der Waals surface area contributed by atoms with E-state index in [1.54, 1.807) is 23.7 Å². The van der Waals surface area contributed by atoms with E-state index in [9.17, 15) is 5.11 Å². The highest BCUT2D eigenvalue weighted by atomic mass is 79.9. The Kier molecular flexibility index (Phi) is 3.00. The summed E-state index contributed by atoms with van der Waals surface area (Å²) in [4.78, 5) is 2.19. The highest BCUT2D eigenvalue weighted by molar-refractivity contribution is 9.10. The molecule has 0 aromatic carbocycles. The zero-order valence-electron chi connectivity index (χ0n) is 8.45. The molecular formula is C11H11BrO2S. The van der Waals surface area contributed by atoms with Crippen molar-refractivity contribution in [2.45, 2.75) is 20.0 Å². The van der Waals surface area contributed by atoms with Crippen LogP contribution in [-0.4, -0.2) is 5.11 Å². The van der Waals surface area contributed by atoms with Crippen molar-refractivity contribution in [3.8, 4) is 0 Å². The molecule has 2 heterocycles. The first-order valence-electron chi connectivity index (χ1n) is 4.57. The van der Waals surface area contributed by atoms with Gasteiger partial charge >= 0.3 is 0 Å². The molecule has 15 heavy (non-hydrogen) atoms. The van der Waals surface area contributed by atoms with Gasteiger partial charge in [0.1, 0.15) is 6.10 Å². The zero-order valence-corrected chi connectivity index (χ0v) is 10.9. The number of hydrogen-bond acceptors (Lipinski definition) is 3. The van der Waals surface area contributed by atoms with Crippen molar-refractivity contribution in [3.63, 3.8) is 0 Å². The minimum absolute atomic E-state index is 0.598. The smallest absolute Gasteiger partial charge is 0.175 e. The van der Waals surface area contributed by atoms with E-state index >= 15 is 0 Å². The van der Waals surface area contributed by atoms with Crippen LogP contribution in [0.4, 0.5) is 0 Å². The van der Waals surface area contributed by atoms with Crippen molar-refractivity contribution in [2.24, 2.45) is 0 Å². The summed E-state index contributed by atoms with van der Waals surface area (Å²) >= 11 is 4.89. The minimum atomic E-state index is -0.600. The predicted molar refractivity (Wildman–Crippen MR) is 64.3 cm³/mol. The van der Waals surface area contributed by atoms with Crippen LogP contribution >= 0.6 is 27.3 Å². The van der Waals surface area contributed by atoms with E-state index in [-0.39, 0.29) is 0 Å². The van der Waals surface area contributed by atoms with Gasteiger partial charge in [0.15, 0.2) is 4.67 Å². The summed E-state index contributed by atoms with van der Waals surface area (Å²) in [7, 11) is 0. The summed E-state index contributed by atoms with van der Waals surface area (Å²) in [5.41, 5.74) is 1.90. The molecule has 0 bridgehead atoms. The van der Waals surface area contributed by atoms with Crippen LogP contribution in [0.3, 0.4) is 0 Å². The van der Waals surface area contributed by atoms with Gasteiger partial charge in [-0.05, 0) is 47.5 Å². The average molecular weight is 287 g/mol. The molecular weight excluding hydrogens is 276 g/mol. The van der Waals surface area contributed by atoms with Crippen molar-refractivity contribution in [3.05, 3.63) is 43.9 Å². The van der Waals surface area contributed by atoms with E-state index < -0.39 is 6.10 Å². The Morgan fingerprint density at radius 1 is 1.47 bits per heavy atom. The number of furan rings is 1. The summed E-state index contributed by atoms with van der Waals surface area (Å²) < 4.78 is 5.71. The maximum absolute atomic E-state index is 10.2. The molecule has 2 aromatic heterocycles. The van der Waals surface area contributed by atoms with Crippen molar-refractivity contribution >= 4 is 27.3 Å². The molecule has 0 fully saturated rings. The van der Waals surface area contributed by atoms with E-state index in [1.165, 1.54) is 4.88 Å². The highest BCUT2D eigenvalue weighted by Crippen LogP contribution is 2.35. The Morgan fingerprint density at radius 3 is 2.67 bits per heavy atom. The second kappa shape index (κ2) is 4.12. The van der Waals surface area contributed by atoms with Gasteiger partial charge in [0.2, 0.25) is 0 Å². The summed E-state index contributed by atoms with van der Waals surface area (Å²) in [5, 5.41) is 10.2. The molecule has 2 aromatic rings. The van der Waals surface area contributed by atoms with Gasteiger partial charge in [-0.25, -0.2) is 0 Å². The van der Waals surface area contributed by atoms with Crippen LogP contribution < -0.4 is 0 Å². The maximum atomic E-state index is 10.2. The predicted octanol–water partition coefficient (Wildman–Crippen LogP) is 3.80. The van der Waals surface area contributed by atoms with E-state index in [1.807, 2.05) is 13.8 Å². The van der Waals surface area contributed by atoms with Crippen LogP contribution in [0, 0.1) is 13.8 Å². The molecule has 1 atom stereocenters. The zero-order chi connectivity index (χ0) is 11.0. The number of aliphatic hydroxyl groups is 1. The molecule has 0 aliphatic heterocycles. The lowest BCUT2D eigenvalue weighted by Gasteiger charge is -2.07. The molecule has 0 radical (unpaired) electrons. The first-order valence-corrected chi connectivity index (χ1v) is 6.18. The highest BCUT2D eigenvalue weighted by Gasteiger charge is 2.19. The minimum Gasteiger partial charge on any atom is -0.457 e. The SMILES string of the molecule is Cc1cc(C)c(C(O)c2ccoc2Br)s1. The van der Waals surface area contributed by atoms with Gasteiger partial charge in [0.25, 0.3) is 0 Å². The topological polar surface area (TPSA) is 33.4 Å². The summed E-state index contributed by atoms with van der Waals surface area (Å²) in [6.07, 6.45) is 0.968. The lowest BCUT2D eigenvalue weighted by Crippen LogP contribution is -1.97. The molecule has 2 rings (SSSR count). The average Bonchev–Trinajstić information content (AvgIpc) is 2.71. The van der Waals surface area contributed by atoms with Crippen molar-refractivity contribution in [2.75, 3.05) is 0 Å². The molecule has 0 aliphatic carbocycles. The normalized spacial score (nSPS) is 13.1. The second-order valence-corrected chi connectivity index (χ2v) is 5.46. The molecule has 4 heteroatoms. The van der Waals surface area contributed by atoms with Gasteiger partial charge in [-0.1, -0.05) is 0 Å². The fourth-order valence-corrected chi connectivity index (χ4v) is 3.07. The first-order chi connectivity index (χ1) is 7.09. The number of aliphatic hydroxyl groups excluding tert-OH is 1. The van der Waals surface area contributed by atoms with Gasteiger partial charge < -0.3 is 9.52 Å². The third-order valence-electron chi connectivity index (χ3n) is 2.27. The standard InChI is InChI=1S/C11H11BrO2S/c1-6-5-7(2)15-10(6)9(13)8-3-4-14-11(8)12/h3-5,9,13H,1-2H3. The van der Waals surface area contributed by atoms with Crippen molar-refractivity contribution in [1.29, 1.82) is 0 Å². The molecule has 0 saturated carbocycles. The van der Waals surface area contributed by atoms with Crippen molar-refractivity contribution in [1.82, 2.24) is 0 Å². The summed E-state index contributed by atoms with van der Waals surface area (Å²) in [6.45, 7) is 4.05. The summed E-state index contributed by atoms with van der Waals surface area (Å²) in [6, 6.07) is 3.86. The monoisotopic (exact) mass is 286 g/mol. The molecule has 2 nitrogen and oxygen atoms in total. The Labute approximate surface area is 101 Å². The lowest BCUT2D eigenvalue weighted by atomic mass is 10.1. The van der Waals surface area contributed by atoms with Gasteiger partial charge in [-0.3, -0.25) is 0 Å². The molecule has 0 spiro atoms. The number of thiophene rings is 1. The first kappa shape index (κ1) is 10.9. The Bertz CT molecular complexity index is 473. The van der Waals surface area contributed by atoms with E-state index in [0.717, 1.165) is 16.0 Å². The molecule has 1 N–H and O–H groups in total. The largest absolute Gasteiger partial charge is 0.457 e. The van der Waals surface area contributed by atoms with E-state index in [4.69, 9.17) is 4.42 Å². The quantitative estimate of drug-likeness (QED) is 0.911. The molecule has 0 aliphatic rings.